The molecule has 26 heavy (non-hydrogen) atoms. The standard InChI is InChI=1S/C15H23Cl2N3O4S2/c1-18(2)25(21,22)11-3-6-19-7-9-20(10-8-19)26(23,24)13-4-5-14(16)15(17)12-13/h4-5,12H,3,6-11H2,1-2H3. The summed E-state index contributed by atoms with van der Waals surface area (Å²) in [6, 6.07) is 4.28. The minimum atomic E-state index is -3.62. The lowest BCUT2D eigenvalue weighted by Crippen LogP contribution is -2.48. The molecule has 2 rings (SSSR count). The van der Waals surface area contributed by atoms with Crippen LogP contribution in [0.3, 0.4) is 0 Å². The van der Waals surface area contributed by atoms with E-state index in [2.05, 4.69) is 4.90 Å². The maximum absolute atomic E-state index is 12.7. The molecule has 7 nitrogen and oxygen atoms in total. The Morgan fingerprint density at radius 1 is 1.00 bits per heavy atom. The summed E-state index contributed by atoms with van der Waals surface area (Å²) in [6.07, 6.45) is 0.514. The second-order valence-electron chi connectivity index (χ2n) is 6.27. The van der Waals surface area contributed by atoms with Crippen LogP contribution in [0.4, 0.5) is 0 Å². The van der Waals surface area contributed by atoms with Crippen molar-refractivity contribution in [2.75, 3.05) is 52.6 Å². The zero-order valence-corrected chi connectivity index (χ0v) is 17.9. The molecule has 1 aromatic rings. The predicted molar refractivity (Wildman–Crippen MR) is 104 cm³/mol. The summed E-state index contributed by atoms with van der Waals surface area (Å²) in [5, 5.41) is 0.511. The van der Waals surface area contributed by atoms with Gasteiger partial charge in [0.15, 0.2) is 0 Å². The fourth-order valence-corrected chi connectivity index (χ4v) is 5.30. The number of benzene rings is 1. The maximum atomic E-state index is 12.7. The van der Waals surface area contributed by atoms with E-state index in [-0.39, 0.29) is 15.7 Å². The van der Waals surface area contributed by atoms with Crippen LogP contribution in [0.25, 0.3) is 0 Å². The van der Waals surface area contributed by atoms with Crippen LogP contribution < -0.4 is 0 Å². The van der Waals surface area contributed by atoms with E-state index in [4.69, 9.17) is 23.2 Å². The topological polar surface area (TPSA) is 78.0 Å². The molecule has 0 N–H and O–H groups in total. The quantitative estimate of drug-likeness (QED) is 0.638. The van der Waals surface area contributed by atoms with Gasteiger partial charge in [-0.2, -0.15) is 4.31 Å². The number of hydrogen-bond acceptors (Lipinski definition) is 5. The lowest BCUT2D eigenvalue weighted by molar-refractivity contribution is 0.189. The predicted octanol–water partition coefficient (Wildman–Crippen LogP) is 1.58. The molecule has 0 amide bonds. The summed E-state index contributed by atoms with van der Waals surface area (Å²) >= 11 is 11.8. The Hall–Kier alpha value is -0.420. The third kappa shape index (κ3) is 5.31. The molecule has 1 aliphatic heterocycles. The number of hydrogen-bond donors (Lipinski definition) is 0. The van der Waals surface area contributed by atoms with E-state index in [0.29, 0.717) is 44.2 Å². The van der Waals surface area contributed by atoms with Crippen molar-refractivity contribution in [1.82, 2.24) is 13.5 Å². The zero-order chi connectivity index (χ0) is 19.5. The van der Waals surface area contributed by atoms with Crippen molar-refractivity contribution in [3.05, 3.63) is 28.2 Å². The van der Waals surface area contributed by atoms with Crippen molar-refractivity contribution in [1.29, 1.82) is 0 Å². The number of rotatable bonds is 7. The molecule has 0 spiro atoms. The molecule has 148 valence electrons. The average Bonchev–Trinajstić information content (AvgIpc) is 2.57. The zero-order valence-electron chi connectivity index (χ0n) is 14.7. The van der Waals surface area contributed by atoms with E-state index in [1.165, 1.54) is 40.9 Å². The summed E-state index contributed by atoms with van der Waals surface area (Å²) in [5.74, 6) is 0.0851. The molecule has 0 aliphatic carbocycles. The molecule has 0 atom stereocenters. The Balaban J connectivity index is 1.90. The van der Waals surface area contributed by atoms with Gasteiger partial charge in [0.2, 0.25) is 20.0 Å². The Morgan fingerprint density at radius 2 is 1.62 bits per heavy atom. The number of halogens is 2. The molecule has 0 bridgehead atoms. The van der Waals surface area contributed by atoms with Crippen molar-refractivity contribution < 1.29 is 16.8 Å². The molecule has 1 fully saturated rings. The van der Waals surface area contributed by atoms with Crippen LogP contribution in [0.5, 0.6) is 0 Å². The van der Waals surface area contributed by atoms with Gasteiger partial charge in [-0.15, -0.1) is 0 Å². The van der Waals surface area contributed by atoms with E-state index in [9.17, 15) is 16.8 Å². The van der Waals surface area contributed by atoms with Gasteiger partial charge in [0.05, 0.1) is 20.7 Å². The van der Waals surface area contributed by atoms with Crippen LogP contribution in [-0.4, -0.2) is 82.9 Å². The van der Waals surface area contributed by atoms with Gasteiger partial charge in [-0.3, -0.25) is 0 Å². The molecular formula is C15H23Cl2N3O4S2. The average molecular weight is 444 g/mol. The number of nitrogens with zero attached hydrogens (tertiary/aromatic N) is 3. The molecule has 0 unspecified atom stereocenters. The van der Waals surface area contributed by atoms with Gasteiger partial charge >= 0.3 is 0 Å². The lowest BCUT2D eigenvalue weighted by Gasteiger charge is -2.34. The summed E-state index contributed by atoms with van der Waals surface area (Å²) in [7, 11) is -3.79. The lowest BCUT2D eigenvalue weighted by atomic mass is 10.3. The first kappa shape index (κ1) is 21.9. The van der Waals surface area contributed by atoms with Crippen LogP contribution >= 0.6 is 23.2 Å². The Morgan fingerprint density at radius 3 is 2.15 bits per heavy atom. The van der Waals surface area contributed by atoms with Gasteiger partial charge in [-0.1, -0.05) is 23.2 Å². The van der Waals surface area contributed by atoms with Gasteiger partial charge in [-0.25, -0.2) is 21.1 Å². The minimum Gasteiger partial charge on any atom is -0.301 e. The molecule has 1 heterocycles. The third-order valence-electron chi connectivity index (χ3n) is 4.29. The molecule has 1 saturated heterocycles. The summed E-state index contributed by atoms with van der Waals surface area (Å²) in [5.41, 5.74) is 0. The van der Waals surface area contributed by atoms with Gasteiger partial charge in [0.1, 0.15) is 0 Å². The van der Waals surface area contributed by atoms with Crippen LogP contribution in [-0.2, 0) is 20.0 Å². The highest BCUT2D eigenvalue weighted by Gasteiger charge is 2.29. The smallest absolute Gasteiger partial charge is 0.243 e. The third-order valence-corrected chi connectivity index (χ3v) is 8.84. The van der Waals surface area contributed by atoms with Gasteiger partial charge in [0.25, 0.3) is 0 Å². The van der Waals surface area contributed by atoms with Gasteiger partial charge in [-0.05, 0) is 31.2 Å². The highest BCUT2D eigenvalue weighted by molar-refractivity contribution is 7.89. The fraction of sp³-hybridized carbons (Fsp3) is 0.600. The molecular weight excluding hydrogens is 421 g/mol. The number of piperazine rings is 1. The molecule has 1 aliphatic rings. The highest BCUT2D eigenvalue weighted by Crippen LogP contribution is 2.27. The first-order valence-electron chi connectivity index (χ1n) is 8.12. The number of sulfonamides is 2. The SMILES string of the molecule is CN(C)S(=O)(=O)CCCN1CCN(S(=O)(=O)c2ccc(Cl)c(Cl)c2)CC1. The Labute approximate surface area is 165 Å². The Kier molecular flexibility index (Phi) is 7.34. The first-order chi connectivity index (χ1) is 12.0. The normalized spacial score (nSPS) is 17.7. The second kappa shape index (κ2) is 8.72. The Bertz CT molecular complexity index is 836. The van der Waals surface area contributed by atoms with Gasteiger partial charge in [0, 0.05) is 40.3 Å². The molecule has 1 aromatic carbocycles. The van der Waals surface area contributed by atoms with Crippen LogP contribution in [0.15, 0.2) is 23.1 Å². The van der Waals surface area contributed by atoms with E-state index >= 15 is 0 Å². The summed E-state index contributed by atoms with van der Waals surface area (Å²) in [6.45, 7) is 2.44. The van der Waals surface area contributed by atoms with Crippen molar-refractivity contribution in [3.63, 3.8) is 0 Å². The molecule has 0 saturated carbocycles. The largest absolute Gasteiger partial charge is 0.301 e. The van der Waals surface area contributed by atoms with Gasteiger partial charge < -0.3 is 4.90 Å². The van der Waals surface area contributed by atoms with Crippen LogP contribution in [0.2, 0.25) is 10.0 Å². The van der Waals surface area contributed by atoms with Crippen molar-refractivity contribution in [2.45, 2.75) is 11.3 Å². The van der Waals surface area contributed by atoms with Crippen molar-refractivity contribution in [3.8, 4) is 0 Å². The van der Waals surface area contributed by atoms with Crippen molar-refractivity contribution in [2.24, 2.45) is 0 Å². The van der Waals surface area contributed by atoms with Crippen molar-refractivity contribution >= 4 is 43.2 Å². The van der Waals surface area contributed by atoms with E-state index in [0.717, 1.165) is 0 Å². The molecule has 0 aromatic heterocycles. The van der Waals surface area contributed by atoms with E-state index in [1.807, 2.05) is 0 Å². The highest BCUT2D eigenvalue weighted by atomic mass is 35.5. The molecule has 0 radical (unpaired) electrons. The van der Waals surface area contributed by atoms with E-state index in [1.54, 1.807) is 0 Å². The fourth-order valence-electron chi connectivity index (χ4n) is 2.63. The summed E-state index contributed by atoms with van der Waals surface area (Å²) < 4.78 is 51.6. The maximum Gasteiger partial charge on any atom is 0.243 e. The minimum absolute atomic E-state index is 0.0851. The molecule has 11 heteroatoms. The van der Waals surface area contributed by atoms with E-state index < -0.39 is 20.0 Å². The monoisotopic (exact) mass is 443 g/mol. The van der Waals surface area contributed by atoms with Crippen LogP contribution in [0.1, 0.15) is 6.42 Å². The summed E-state index contributed by atoms with van der Waals surface area (Å²) in [4.78, 5) is 2.20. The second-order valence-corrected chi connectivity index (χ2v) is 11.3. The van der Waals surface area contributed by atoms with Crippen LogP contribution in [0, 0.1) is 0 Å². The first-order valence-corrected chi connectivity index (χ1v) is 11.9.